The van der Waals surface area contributed by atoms with Gasteiger partial charge in [0.2, 0.25) is 0 Å². The van der Waals surface area contributed by atoms with Gasteiger partial charge >= 0.3 is 0 Å². The average molecular weight is 263 g/mol. The van der Waals surface area contributed by atoms with Gasteiger partial charge in [0, 0.05) is 29.7 Å². The molecular weight excluding hydrogens is 242 g/mol. The number of rotatable bonds is 6. The second-order valence-corrected chi connectivity index (χ2v) is 5.94. The van der Waals surface area contributed by atoms with Gasteiger partial charge in [-0.2, -0.15) is 0 Å². The summed E-state index contributed by atoms with van der Waals surface area (Å²) in [7, 11) is 0. The highest BCUT2D eigenvalue weighted by Crippen LogP contribution is 2.21. The topological polar surface area (TPSA) is 37.8 Å². The molecule has 2 rings (SSSR count). The number of aryl methyl sites for hydroxylation is 2. The Hall–Kier alpha value is -0.870. The van der Waals surface area contributed by atoms with Gasteiger partial charge in [0.25, 0.3) is 0 Å². The summed E-state index contributed by atoms with van der Waals surface area (Å²) in [5.41, 5.74) is 4.55. The van der Waals surface area contributed by atoms with E-state index in [1.807, 2.05) is 13.8 Å². The number of hydrogen-bond acceptors (Lipinski definition) is 4. The summed E-state index contributed by atoms with van der Waals surface area (Å²) in [6.45, 7) is 11.2. The van der Waals surface area contributed by atoms with Crippen molar-refractivity contribution in [3.05, 3.63) is 29.1 Å². The zero-order valence-corrected chi connectivity index (χ0v) is 12.2. The molecule has 1 saturated carbocycles. The van der Waals surface area contributed by atoms with E-state index in [1.54, 1.807) is 11.8 Å². The van der Waals surface area contributed by atoms with Crippen molar-refractivity contribution < 1.29 is 0 Å². The maximum Gasteiger partial charge on any atom is 0.188 e. The Labute approximate surface area is 113 Å². The molecule has 18 heavy (non-hydrogen) atoms. The van der Waals surface area contributed by atoms with Crippen molar-refractivity contribution in [1.82, 2.24) is 15.3 Å². The van der Waals surface area contributed by atoms with Gasteiger partial charge in [0.1, 0.15) is 0 Å². The Bertz CT molecular complexity index is 429. The predicted molar refractivity (Wildman–Crippen MR) is 77.1 cm³/mol. The van der Waals surface area contributed by atoms with Crippen LogP contribution in [-0.2, 0) is 0 Å². The molecule has 1 aliphatic carbocycles. The van der Waals surface area contributed by atoms with Crippen LogP contribution in [-0.4, -0.2) is 28.3 Å². The minimum atomic E-state index is 0.742. The van der Waals surface area contributed by atoms with E-state index in [0.717, 1.165) is 34.9 Å². The minimum absolute atomic E-state index is 0.742. The molecule has 0 saturated heterocycles. The van der Waals surface area contributed by atoms with Gasteiger partial charge in [-0.05, 0) is 39.2 Å². The molecule has 0 aliphatic heterocycles. The first-order chi connectivity index (χ1) is 8.56. The first-order valence-corrected chi connectivity index (χ1v) is 7.39. The fourth-order valence-corrected chi connectivity index (χ4v) is 2.44. The van der Waals surface area contributed by atoms with E-state index in [0.29, 0.717) is 0 Å². The molecule has 3 nitrogen and oxygen atoms in total. The van der Waals surface area contributed by atoms with Gasteiger partial charge in [-0.15, -0.1) is 0 Å². The molecule has 1 aliphatic rings. The fourth-order valence-electron chi connectivity index (χ4n) is 1.60. The van der Waals surface area contributed by atoms with Gasteiger partial charge in [0.05, 0.1) is 0 Å². The quantitative estimate of drug-likeness (QED) is 0.486. The normalized spacial score (nSPS) is 14.8. The van der Waals surface area contributed by atoms with Gasteiger partial charge < -0.3 is 5.32 Å². The molecule has 0 aromatic carbocycles. The van der Waals surface area contributed by atoms with Crippen molar-refractivity contribution in [1.29, 1.82) is 0 Å². The third-order valence-electron chi connectivity index (χ3n) is 3.24. The van der Waals surface area contributed by atoms with E-state index in [2.05, 4.69) is 28.8 Å². The Morgan fingerprint density at radius 3 is 2.44 bits per heavy atom. The van der Waals surface area contributed by atoms with Gasteiger partial charge in [-0.25, -0.2) is 9.97 Å². The molecule has 4 heteroatoms. The number of nitrogens with zero attached hydrogens (tertiary/aromatic N) is 2. The zero-order valence-electron chi connectivity index (χ0n) is 11.4. The third kappa shape index (κ3) is 3.82. The Kier molecular flexibility index (Phi) is 4.40. The molecule has 1 heterocycles. The van der Waals surface area contributed by atoms with Gasteiger partial charge in [0.15, 0.2) is 5.16 Å². The van der Waals surface area contributed by atoms with Crippen LogP contribution in [0.3, 0.4) is 0 Å². The first kappa shape index (κ1) is 13.6. The van der Waals surface area contributed by atoms with Gasteiger partial charge in [-0.3, -0.25) is 0 Å². The van der Waals surface area contributed by atoms with E-state index in [4.69, 9.17) is 0 Å². The van der Waals surface area contributed by atoms with Gasteiger partial charge in [-0.1, -0.05) is 23.9 Å². The number of aromatic nitrogens is 2. The molecule has 1 aromatic rings. The second-order valence-electron chi connectivity index (χ2n) is 5.00. The monoisotopic (exact) mass is 263 g/mol. The molecule has 1 fully saturated rings. The molecule has 0 bridgehead atoms. The van der Waals surface area contributed by atoms with Crippen LogP contribution in [0.2, 0.25) is 0 Å². The highest BCUT2D eigenvalue weighted by Gasteiger charge is 2.20. The van der Waals surface area contributed by atoms with E-state index in [-0.39, 0.29) is 0 Å². The lowest BCUT2D eigenvalue weighted by atomic mass is 10.2. The summed E-state index contributed by atoms with van der Waals surface area (Å²) in [6.07, 6.45) is 2.64. The van der Waals surface area contributed by atoms with Crippen LogP contribution in [0.15, 0.2) is 17.3 Å². The van der Waals surface area contributed by atoms with Crippen molar-refractivity contribution >= 4 is 11.8 Å². The molecule has 1 aromatic heterocycles. The molecule has 0 amide bonds. The van der Waals surface area contributed by atoms with Crippen molar-refractivity contribution in [2.75, 3.05) is 12.3 Å². The fraction of sp³-hybridized carbons (Fsp3) is 0.571. The van der Waals surface area contributed by atoms with Crippen molar-refractivity contribution in [2.45, 2.75) is 44.8 Å². The Morgan fingerprint density at radius 1 is 1.28 bits per heavy atom. The van der Waals surface area contributed by atoms with E-state index >= 15 is 0 Å². The lowest BCUT2D eigenvalue weighted by Gasteiger charge is -2.08. The maximum atomic E-state index is 4.50. The third-order valence-corrected chi connectivity index (χ3v) is 4.23. The molecule has 0 unspecified atom stereocenters. The SMILES string of the molecule is C=C(CNC1CC1)CSc1nc(C)c(C)c(C)n1. The lowest BCUT2D eigenvalue weighted by Crippen LogP contribution is -2.19. The first-order valence-electron chi connectivity index (χ1n) is 6.41. The molecule has 0 spiro atoms. The highest BCUT2D eigenvalue weighted by molar-refractivity contribution is 7.99. The molecule has 1 N–H and O–H groups in total. The second kappa shape index (κ2) is 5.85. The minimum Gasteiger partial charge on any atom is -0.310 e. The molecular formula is C14H21N3S. The smallest absolute Gasteiger partial charge is 0.188 e. The summed E-state index contributed by atoms with van der Waals surface area (Å²) in [4.78, 5) is 9.01. The number of nitrogens with one attached hydrogen (secondary N) is 1. The summed E-state index contributed by atoms with van der Waals surface area (Å²) in [5.74, 6) is 0.891. The molecule has 98 valence electrons. The summed E-state index contributed by atoms with van der Waals surface area (Å²) in [6, 6.07) is 0.742. The number of thioether (sulfide) groups is 1. The van der Waals surface area contributed by atoms with Crippen LogP contribution >= 0.6 is 11.8 Å². The van der Waals surface area contributed by atoms with Crippen LogP contribution in [0.4, 0.5) is 0 Å². The van der Waals surface area contributed by atoms with Crippen LogP contribution < -0.4 is 5.32 Å². The van der Waals surface area contributed by atoms with E-state index in [9.17, 15) is 0 Å². The Morgan fingerprint density at radius 2 is 1.89 bits per heavy atom. The maximum absolute atomic E-state index is 4.50. The Balaban J connectivity index is 1.83. The van der Waals surface area contributed by atoms with Crippen molar-refractivity contribution in [3.63, 3.8) is 0 Å². The summed E-state index contributed by atoms with van der Waals surface area (Å²) >= 11 is 1.68. The average Bonchev–Trinajstić information content (AvgIpc) is 3.14. The van der Waals surface area contributed by atoms with Crippen LogP contribution in [0, 0.1) is 20.8 Å². The molecule has 0 atom stereocenters. The highest BCUT2D eigenvalue weighted by atomic mass is 32.2. The lowest BCUT2D eigenvalue weighted by molar-refractivity contribution is 0.736. The standard InChI is InChI=1S/C14H21N3S/c1-9(7-15-13-5-6-13)8-18-14-16-11(3)10(2)12(4)17-14/h13,15H,1,5-8H2,2-4H3. The summed E-state index contributed by atoms with van der Waals surface area (Å²) in [5, 5.41) is 4.33. The van der Waals surface area contributed by atoms with Crippen molar-refractivity contribution in [3.8, 4) is 0 Å². The van der Waals surface area contributed by atoms with Crippen LogP contribution in [0.5, 0.6) is 0 Å². The predicted octanol–water partition coefficient (Wildman–Crippen LogP) is 2.80. The zero-order chi connectivity index (χ0) is 13.1. The van der Waals surface area contributed by atoms with Crippen LogP contribution in [0.1, 0.15) is 29.8 Å². The van der Waals surface area contributed by atoms with Crippen LogP contribution in [0.25, 0.3) is 0 Å². The van der Waals surface area contributed by atoms with E-state index < -0.39 is 0 Å². The summed E-state index contributed by atoms with van der Waals surface area (Å²) < 4.78 is 0. The molecule has 0 radical (unpaired) electrons. The number of hydrogen-bond donors (Lipinski definition) is 1. The van der Waals surface area contributed by atoms with Crippen molar-refractivity contribution in [2.24, 2.45) is 0 Å². The van der Waals surface area contributed by atoms with E-state index in [1.165, 1.54) is 24.0 Å². The largest absolute Gasteiger partial charge is 0.310 e.